The van der Waals surface area contributed by atoms with Crippen molar-refractivity contribution >= 4 is 0 Å². The van der Waals surface area contributed by atoms with E-state index in [1.54, 1.807) is 14.2 Å². The molecule has 0 bridgehead atoms. The molecule has 0 saturated carbocycles. The van der Waals surface area contributed by atoms with Crippen LogP contribution in [0.15, 0.2) is 60.7 Å². The maximum Gasteiger partial charge on any atom is 0.220 e. The lowest BCUT2D eigenvalue weighted by molar-refractivity contribution is 0.285. The van der Waals surface area contributed by atoms with Crippen molar-refractivity contribution in [2.45, 2.75) is 40.2 Å². The van der Waals surface area contributed by atoms with E-state index in [0.29, 0.717) is 49.8 Å². The summed E-state index contributed by atoms with van der Waals surface area (Å²) in [5.41, 5.74) is 19.9. The van der Waals surface area contributed by atoms with Crippen molar-refractivity contribution in [3.63, 3.8) is 0 Å². The minimum absolute atomic E-state index is 0.354. The van der Waals surface area contributed by atoms with Crippen LogP contribution in [0.1, 0.15) is 33.4 Å². The van der Waals surface area contributed by atoms with Gasteiger partial charge in [-0.1, -0.05) is 36.4 Å². The molecule has 198 valence electrons. The van der Waals surface area contributed by atoms with E-state index in [0.717, 1.165) is 44.5 Å². The molecule has 38 heavy (non-hydrogen) atoms. The predicted molar refractivity (Wildman–Crippen MR) is 147 cm³/mol. The molecule has 8 nitrogen and oxygen atoms in total. The predicted octanol–water partition coefficient (Wildman–Crippen LogP) is 4.85. The van der Waals surface area contributed by atoms with Gasteiger partial charge in [0.1, 0.15) is 13.2 Å². The van der Waals surface area contributed by atoms with Crippen molar-refractivity contribution in [1.29, 1.82) is 0 Å². The van der Waals surface area contributed by atoms with Gasteiger partial charge < -0.3 is 30.4 Å². The van der Waals surface area contributed by atoms with Gasteiger partial charge in [-0.25, -0.2) is 0 Å². The Bertz CT molecular complexity index is 1300. The molecule has 0 amide bonds. The van der Waals surface area contributed by atoms with Gasteiger partial charge in [0.05, 0.1) is 14.2 Å². The van der Waals surface area contributed by atoms with Crippen LogP contribution in [0, 0.1) is 13.8 Å². The van der Waals surface area contributed by atoms with Crippen molar-refractivity contribution < 1.29 is 18.9 Å². The summed E-state index contributed by atoms with van der Waals surface area (Å²) in [5.74, 6) is 1.94. The Morgan fingerprint density at radius 3 is 1.37 bits per heavy atom. The number of hydrogen-bond acceptors (Lipinski definition) is 8. The van der Waals surface area contributed by atoms with Crippen LogP contribution in [0.2, 0.25) is 0 Å². The lowest BCUT2D eigenvalue weighted by Gasteiger charge is -2.17. The van der Waals surface area contributed by atoms with Gasteiger partial charge in [0.15, 0.2) is 0 Å². The van der Waals surface area contributed by atoms with Crippen molar-refractivity contribution in [1.82, 2.24) is 9.97 Å². The van der Waals surface area contributed by atoms with Gasteiger partial charge in [0.2, 0.25) is 23.5 Å². The molecule has 0 aliphatic rings. The second kappa shape index (κ2) is 12.4. The quantitative estimate of drug-likeness (QED) is 0.292. The third-order valence-corrected chi connectivity index (χ3v) is 6.59. The first-order valence-corrected chi connectivity index (χ1v) is 12.4. The van der Waals surface area contributed by atoms with E-state index in [1.807, 2.05) is 36.4 Å². The second-order valence-corrected chi connectivity index (χ2v) is 8.80. The molecule has 0 atom stereocenters. The van der Waals surface area contributed by atoms with E-state index in [2.05, 4.69) is 48.1 Å². The summed E-state index contributed by atoms with van der Waals surface area (Å²) in [5, 5.41) is 0. The summed E-state index contributed by atoms with van der Waals surface area (Å²) in [6.45, 7) is 5.69. The molecule has 4 rings (SSSR count). The van der Waals surface area contributed by atoms with Crippen LogP contribution in [-0.4, -0.2) is 24.2 Å². The van der Waals surface area contributed by atoms with E-state index in [1.165, 1.54) is 0 Å². The normalized spacial score (nSPS) is 10.8. The smallest absolute Gasteiger partial charge is 0.220 e. The summed E-state index contributed by atoms with van der Waals surface area (Å²) in [4.78, 5) is 8.84. The summed E-state index contributed by atoms with van der Waals surface area (Å²) in [6, 6.07) is 19.8. The number of nitrogens with zero attached hydrogens (tertiary/aromatic N) is 2. The lowest BCUT2D eigenvalue weighted by atomic mass is 9.92. The minimum atomic E-state index is 0.354. The van der Waals surface area contributed by atoms with E-state index >= 15 is 0 Å². The van der Waals surface area contributed by atoms with Crippen molar-refractivity contribution in [2.24, 2.45) is 11.5 Å². The van der Waals surface area contributed by atoms with Crippen molar-refractivity contribution in [3.8, 4) is 34.6 Å². The molecule has 8 heteroatoms. The molecule has 0 radical (unpaired) electrons. The number of nitrogens with two attached hydrogens (primary N) is 2. The third kappa shape index (κ3) is 5.88. The van der Waals surface area contributed by atoms with Crippen molar-refractivity contribution in [3.05, 3.63) is 94.0 Å². The number of rotatable bonds is 11. The van der Waals surface area contributed by atoms with Gasteiger partial charge in [-0.15, -0.1) is 0 Å². The minimum Gasteiger partial charge on any atom is -0.481 e. The lowest BCUT2D eigenvalue weighted by Crippen LogP contribution is -2.05. The Hall–Kier alpha value is -4.14. The van der Waals surface area contributed by atoms with E-state index in [4.69, 9.17) is 30.4 Å². The first-order chi connectivity index (χ1) is 18.5. The fourth-order valence-electron chi connectivity index (χ4n) is 4.30. The standard InChI is InChI=1S/C30H34N4O4/c1-19-23(17-37-27-13-11-21(15-31)29(33-27)35-3)7-5-9-25(19)26-10-6-8-24(20(26)2)18-38-28-14-12-22(16-32)30(34-28)36-4/h5-14H,15-18,31-32H2,1-4H3. The van der Waals surface area contributed by atoms with Crippen LogP contribution >= 0.6 is 0 Å². The zero-order chi connectivity index (χ0) is 27.1. The fraction of sp³-hybridized carbons (Fsp3) is 0.267. The molecular formula is C30H34N4O4. The molecule has 2 aromatic heterocycles. The van der Waals surface area contributed by atoms with Crippen LogP contribution < -0.4 is 30.4 Å². The molecule has 4 aromatic rings. The average Bonchev–Trinajstić information content (AvgIpc) is 2.95. The molecule has 0 saturated heterocycles. The van der Waals surface area contributed by atoms with Gasteiger partial charge >= 0.3 is 0 Å². The summed E-state index contributed by atoms with van der Waals surface area (Å²) in [7, 11) is 3.15. The number of pyridine rings is 2. The number of hydrogen-bond donors (Lipinski definition) is 2. The van der Waals surface area contributed by atoms with Gasteiger partial charge in [0.25, 0.3) is 0 Å². The van der Waals surface area contributed by atoms with Crippen LogP contribution in [-0.2, 0) is 26.3 Å². The first-order valence-electron chi connectivity index (χ1n) is 12.4. The van der Waals surface area contributed by atoms with Gasteiger partial charge in [0, 0.05) is 36.3 Å². The highest BCUT2D eigenvalue weighted by atomic mass is 16.5. The van der Waals surface area contributed by atoms with Crippen molar-refractivity contribution in [2.75, 3.05) is 14.2 Å². The van der Waals surface area contributed by atoms with Gasteiger partial charge in [-0.3, -0.25) is 0 Å². The van der Waals surface area contributed by atoms with Crippen LogP contribution in [0.5, 0.6) is 23.5 Å². The monoisotopic (exact) mass is 514 g/mol. The number of aromatic nitrogens is 2. The largest absolute Gasteiger partial charge is 0.481 e. The molecule has 2 aromatic carbocycles. The Morgan fingerprint density at radius 2 is 1.00 bits per heavy atom. The number of ether oxygens (including phenoxy) is 4. The molecule has 0 fully saturated rings. The maximum atomic E-state index is 6.01. The summed E-state index contributed by atoms with van der Waals surface area (Å²) >= 11 is 0. The summed E-state index contributed by atoms with van der Waals surface area (Å²) in [6.07, 6.45) is 0. The SMILES string of the molecule is COc1nc(OCc2cccc(-c3cccc(COc4ccc(CN)c(OC)n4)c3C)c2C)ccc1CN. The fourth-order valence-corrected chi connectivity index (χ4v) is 4.30. The van der Waals surface area contributed by atoms with Gasteiger partial charge in [-0.2, -0.15) is 9.97 Å². The third-order valence-electron chi connectivity index (χ3n) is 6.59. The number of methoxy groups -OCH3 is 2. The van der Waals surface area contributed by atoms with Crippen LogP contribution in [0.4, 0.5) is 0 Å². The average molecular weight is 515 g/mol. The molecule has 0 unspecified atom stereocenters. The zero-order valence-electron chi connectivity index (χ0n) is 22.3. The first kappa shape index (κ1) is 26.9. The zero-order valence-corrected chi connectivity index (χ0v) is 22.3. The maximum absolute atomic E-state index is 6.01. The van der Waals surface area contributed by atoms with E-state index in [-0.39, 0.29) is 0 Å². The van der Waals surface area contributed by atoms with Gasteiger partial charge in [-0.05, 0) is 59.4 Å². The Morgan fingerprint density at radius 1 is 0.579 bits per heavy atom. The van der Waals surface area contributed by atoms with Crippen LogP contribution in [0.25, 0.3) is 11.1 Å². The topological polar surface area (TPSA) is 115 Å². The molecule has 0 aliphatic heterocycles. The van der Waals surface area contributed by atoms with E-state index in [9.17, 15) is 0 Å². The Labute approximate surface area is 223 Å². The highest BCUT2D eigenvalue weighted by Gasteiger charge is 2.13. The van der Waals surface area contributed by atoms with Crippen LogP contribution in [0.3, 0.4) is 0 Å². The molecule has 0 spiro atoms. The highest BCUT2D eigenvalue weighted by Crippen LogP contribution is 2.31. The summed E-state index contributed by atoms with van der Waals surface area (Å²) < 4.78 is 22.7. The molecular weight excluding hydrogens is 480 g/mol. The highest BCUT2D eigenvalue weighted by molar-refractivity contribution is 5.72. The Balaban J connectivity index is 1.52. The number of benzene rings is 2. The molecule has 0 aliphatic carbocycles. The van der Waals surface area contributed by atoms with E-state index < -0.39 is 0 Å². The molecule has 2 heterocycles. The Kier molecular flexibility index (Phi) is 8.78. The second-order valence-electron chi connectivity index (χ2n) is 8.80. The molecule has 4 N–H and O–H groups in total.